The number of carbonyl (C=O) groups excluding carboxylic acids is 1. The number of halogens is 3. The minimum Gasteiger partial charge on any atom is -0.490 e. The van der Waals surface area contributed by atoms with Gasteiger partial charge in [-0.3, -0.25) is 9.36 Å². The second kappa shape index (κ2) is 12.9. The van der Waals surface area contributed by atoms with Crippen molar-refractivity contribution < 1.29 is 19.0 Å². The topological polar surface area (TPSA) is 79.1 Å². The van der Waals surface area contributed by atoms with Gasteiger partial charge in [-0.2, -0.15) is 0 Å². The van der Waals surface area contributed by atoms with Gasteiger partial charge in [0.1, 0.15) is 6.61 Å². The van der Waals surface area contributed by atoms with Crippen molar-refractivity contribution in [1.29, 1.82) is 0 Å². The molecule has 7 nitrogen and oxygen atoms in total. The molecule has 1 atom stereocenters. The molecule has 2 heterocycles. The van der Waals surface area contributed by atoms with Crippen LogP contribution in [0.1, 0.15) is 36.6 Å². The van der Waals surface area contributed by atoms with Crippen LogP contribution in [-0.4, -0.2) is 24.3 Å². The maximum absolute atomic E-state index is 13.9. The molecule has 11 heteroatoms. The predicted octanol–water partition coefficient (Wildman–Crippen LogP) is 6.46. The summed E-state index contributed by atoms with van der Waals surface area (Å²) in [5, 5.41) is 1.05. The van der Waals surface area contributed by atoms with Gasteiger partial charge in [0, 0.05) is 15.6 Å². The third-order valence-electron chi connectivity index (χ3n) is 6.56. The van der Waals surface area contributed by atoms with E-state index in [1.165, 1.54) is 18.4 Å². The summed E-state index contributed by atoms with van der Waals surface area (Å²) in [5.41, 5.74) is 2.83. The highest BCUT2D eigenvalue weighted by Gasteiger charge is 2.33. The van der Waals surface area contributed by atoms with Gasteiger partial charge >= 0.3 is 5.97 Å². The molecule has 1 aromatic heterocycles. The van der Waals surface area contributed by atoms with E-state index in [0.29, 0.717) is 58.8 Å². The van der Waals surface area contributed by atoms with Crippen molar-refractivity contribution in [3.05, 3.63) is 123 Å². The molecule has 0 N–H and O–H groups in total. The van der Waals surface area contributed by atoms with Gasteiger partial charge in [-0.1, -0.05) is 70.9 Å². The summed E-state index contributed by atoms with van der Waals surface area (Å²) in [4.78, 5) is 31.8. The van der Waals surface area contributed by atoms with Crippen LogP contribution >= 0.6 is 50.5 Å². The van der Waals surface area contributed by atoms with Crippen LogP contribution in [0.15, 0.2) is 86.2 Å². The second-order valence-electron chi connectivity index (χ2n) is 9.27. The van der Waals surface area contributed by atoms with Gasteiger partial charge < -0.3 is 14.2 Å². The van der Waals surface area contributed by atoms with Crippen molar-refractivity contribution in [2.45, 2.75) is 26.5 Å². The number of hydrogen-bond acceptors (Lipinski definition) is 7. The van der Waals surface area contributed by atoms with E-state index in [0.717, 1.165) is 11.1 Å². The Balaban J connectivity index is 1.57. The van der Waals surface area contributed by atoms with Gasteiger partial charge in [-0.15, -0.1) is 0 Å². The smallest absolute Gasteiger partial charge is 0.338 e. The molecule has 0 spiro atoms. The van der Waals surface area contributed by atoms with Gasteiger partial charge in [-0.05, 0) is 71.2 Å². The van der Waals surface area contributed by atoms with Crippen LogP contribution in [-0.2, 0) is 16.1 Å². The largest absolute Gasteiger partial charge is 0.490 e. The quantitative estimate of drug-likeness (QED) is 0.199. The van der Waals surface area contributed by atoms with Crippen molar-refractivity contribution in [2.75, 3.05) is 13.7 Å². The molecule has 3 aromatic carbocycles. The summed E-state index contributed by atoms with van der Waals surface area (Å²) >= 11 is 17.2. The minimum absolute atomic E-state index is 0.202. The van der Waals surface area contributed by atoms with Crippen molar-refractivity contribution in [3.63, 3.8) is 0 Å². The molecule has 216 valence electrons. The standard InChI is InChI=1S/C31H25BrCl2N2O5S/c1-4-40-24-13-18(12-22(32)28(24)41-16-20-10-11-21(33)15-23(20)34)14-25-29(37)36-27(19-8-6-5-7-9-19)26(30(38)39-3)17(2)35-31(36)42-25/h5-15,27H,4,16H2,1-3H3. The maximum atomic E-state index is 13.9. The Kier molecular flexibility index (Phi) is 9.22. The third kappa shape index (κ3) is 6.06. The number of methoxy groups -OCH3 is 1. The van der Waals surface area contributed by atoms with Crippen LogP contribution in [0.25, 0.3) is 6.08 Å². The Bertz CT molecular complexity index is 1890. The van der Waals surface area contributed by atoms with E-state index in [1.807, 2.05) is 55.5 Å². The fourth-order valence-electron chi connectivity index (χ4n) is 4.66. The first-order chi connectivity index (χ1) is 20.2. The average molecular weight is 688 g/mol. The number of carbonyl (C=O) groups is 1. The lowest BCUT2D eigenvalue weighted by atomic mass is 9.96. The van der Waals surface area contributed by atoms with Crippen molar-refractivity contribution >= 4 is 62.5 Å². The number of aromatic nitrogens is 1. The van der Waals surface area contributed by atoms with E-state index in [1.54, 1.807) is 29.7 Å². The van der Waals surface area contributed by atoms with Crippen molar-refractivity contribution in [3.8, 4) is 11.5 Å². The molecular formula is C31H25BrCl2N2O5S. The summed E-state index contributed by atoms with van der Waals surface area (Å²) in [6, 6.07) is 17.6. The summed E-state index contributed by atoms with van der Waals surface area (Å²) in [7, 11) is 1.32. The van der Waals surface area contributed by atoms with Crippen molar-refractivity contribution in [2.24, 2.45) is 4.99 Å². The highest BCUT2D eigenvalue weighted by atomic mass is 79.9. The molecule has 42 heavy (non-hydrogen) atoms. The van der Waals surface area contributed by atoms with E-state index in [2.05, 4.69) is 20.9 Å². The fraction of sp³-hybridized carbons (Fsp3) is 0.194. The van der Waals surface area contributed by atoms with Crippen LogP contribution in [0.5, 0.6) is 11.5 Å². The molecule has 0 bridgehead atoms. The van der Waals surface area contributed by atoms with Gasteiger partial charge in [-0.25, -0.2) is 9.79 Å². The molecule has 0 saturated carbocycles. The number of esters is 1. The van der Waals surface area contributed by atoms with Gasteiger partial charge in [0.25, 0.3) is 5.56 Å². The molecule has 0 amide bonds. The third-order valence-corrected chi connectivity index (χ3v) is 8.72. The Morgan fingerprint density at radius 1 is 1.12 bits per heavy atom. The molecule has 4 aromatic rings. The maximum Gasteiger partial charge on any atom is 0.338 e. The first-order valence-corrected chi connectivity index (χ1v) is 15.3. The molecule has 1 aliphatic rings. The van der Waals surface area contributed by atoms with Crippen LogP contribution in [0, 0.1) is 0 Å². The fourth-order valence-corrected chi connectivity index (χ4v) is 6.74. The highest BCUT2D eigenvalue weighted by molar-refractivity contribution is 9.10. The number of benzene rings is 3. The first kappa shape index (κ1) is 30.1. The summed E-state index contributed by atoms with van der Waals surface area (Å²) in [5.74, 6) is 0.478. The van der Waals surface area contributed by atoms with E-state index in [9.17, 15) is 9.59 Å². The zero-order chi connectivity index (χ0) is 30.0. The Labute approximate surface area is 264 Å². The number of fused-ring (bicyclic) bond motifs is 1. The zero-order valence-electron chi connectivity index (χ0n) is 22.8. The summed E-state index contributed by atoms with van der Waals surface area (Å²) in [6.45, 7) is 4.24. The van der Waals surface area contributed by atoms with Crippen LogP contribution in [0.4, 0.5) is 0 Å². The molecule has 0 fully saturated rings. The number of nitrogens with zero attached hydrogens (tertiary/aromatic N) is 2. The zero-order valence-corrected chi connectivity index (χ0v) is 26.7. The van der Waals surface area contributed by atoms with E-state index < -0.39 is 12.0 Å². The first-order valence-electron chi connectivity index (χ1n) is 12.9. The van der Waals surface area contributed by atoms with Crippen LogP contribution in [0.3, 0.4) is 0 Å². The molecular weight excluding hydrogens is 663 g/mol. The SMILES string of the molecule is CCOc1cc(C=c2sc3n(c2=O)C(c2ccccc2)C(C(=O)OC)=C(C)N=3)cc(Br)c1OCc1ccc(Cl)cc1Cl. The van der Waals surface area contributed by atoms with E-state index in [4.69, 9.17) is 37.4 Å². The normalized spacial score (nSPS) is 14.8. The summed E-state index contributed by atoms with van der Waals surface area (Å²) in [6.07, 6.45) is 1.77. The monoisotopic (exact) mass is 686 g/mol. The minimum atomic E-state index is -0.668. The second-order valence-corrected chi connectivity index (χ2v) is 12.0. The number of rotatable bonds is 8. The lowest BCUT2D eigenvalue weighted by molar-refractivity contribution is -0.136. The molecule has 5 rings (SSSR count). The van der Waals surface area contributed by atoms with Gasteiger partial charge in [0.15, 0.2) is 16.3 Å². The van der Waals surface area contributed by atoms with Crippen LogP contribution in [0.2, 0.25) is 10.0 Å². The van der Waals surface area contributed by atoms with Gasteiger partial charge in [0.2, 0.25) is 0 Å². The van der Waals surface area contributed by atoms with E-state index in [-0.39, 0.29) is 12.2 Å². The molecule has 0 aliphatic carbocycles. The van der Waals surface area contributed by atoms with Crippen molar-refractivity contribution in [1.82, 2.24) is 4.57 Å². The molecule has 0 radical (unpaired) electrons. The average Bonchev–Trinajstić information content (AvgIpc) is 3.26. The Morgan fingerprint density at radius 3 is 2.57 bits per heavy atom. The predicted molar refractivity (Wildman–Crippen MR) is 168 cm³/mol. The Morgan fingerprint density at radius 2 is 1.88 bits per heavy atom. The molecule has 0 saturated heterocycles. The number of allylic oxidation sites excluding steroid dienone is 1. The Hall–Kier alpha value is -3.37. The highest BCUT2D eigenvalue weighted by Crippen LogP contribution is 2.38. The number of ether oxygens (including phenoxy) is 3. The van der Waals surface area contributed by atoms with Crippen LogP contribution < -0.4 is 24.4 Å². The van der Waals surface area contributed by atoms with Gasteiger partial charge in [0.05, 0.1) is 40.0 Å². The summed E-state index contributed by atoms with van der Waals surface area (Å²) < 4.78 is 19.7. The molecule has 1 unspecified atom stereocenters. The lowest BCUT2D eigenvalue weighted by Gasteiger charge is -2.24. The lowest BCUT2D eigenvalue weighted by Crippen LogP contribution is -2.39. The number of thiazole rings is 1. The van der Waals surface area contributed by atoms with E-state index >= 15 is 0 Å². The molecule has 1 aliphatic heterocycles. The number of hydrogen-bond donors (Lipinski definition) is 0.